The summed E-state index contributed by atoms with van der Waals surface area (Å²) < 4.78 is 5.19. The summed E-state index contributed by atoms with van der Waals surface area (Å²) in [7, 11) is 1.91. The van der Waals surface area contributed by atoms with Crippen molar-refractivity contribution in [1.29, 1.82) is 0 Å². The molecule has 0 spiro atoms. The maximum absolute atomic E-state index is 12.9. The van der Waals surface area contributed by atoms with Crippen LogP contribution in [0, 0.1) is 0 Å². The third-order valence-electron chi connectivity index (χ3n) is 5.30. The minimum Gasteiger partial charge on any atom is -0.339 e. The lowest BCUT2D eigenvalue weighted by atomic mass is 9.98. The van der Waals surface area contributed by atoms with Crippen LogP contribution < -0.4 is 5.32 Å². The van der Waals surface area contributed by atoms with Crippen molar-refractivity contribution in [3.05, 3.63) is 23.5 Å². The number of rotatable bonds is 3. The Labute approximate surface area is 135 Å². The lowest BCUT2D eigenvalue weighted by molar-refractivity contribution is 0.0681. The van der Waals surface area contributed by atoms with Gasteiger partial charge in [-0.2, -0.15) is 0 Å². The quantitative estimate of drug-likeness (QED) is 0.940. The smallest absolute Gasteiger partial charge is 0.257 e. The van der Waals surface area contributed by atoms with Crippen molar-refractivity contribution in [2.24, 2.45) is 0 Å². The van der Waals surface area contributed by atoms with Crippen LogP contribution in [-0.2, 0) is 6.42 Å². The van der Waals surface area contributed by atoms with Crippen LogP contribution in [0.3, 0.4) is 0 Å². The maximum Gasteiger partial charge on any atom is 0.257 e. The fourth-order valence-electron chi connectivity index (χ4n) is 3.96. The van der Waals surface area contributed by atoms with Gasteiger partial charge in [0.15, 0.2) is 0 Å². The summed E-state index contributed by atoms with van der Waals surface area (Å²) in [4.78, 5) is 19.0. The number of hydrogen-bond acceptors (Lipinski definition) is 5. The molecule has 0 saturated carbocycles. The molecule has 4 heterocycles. The minimum atomic E-state index is 0.0361. The Morgan fingerprint density at radius 3 is 2.83 bits per heavy atom. The second-order valence-corrected chi connectivity index (χ2v) is 6.74. The van der Waals surface area contributed by atoms with Gasteiger partial charge in [0.2, 0.25) is 0 Å². The van der Waals surface area contributed by atoms with E-state index in [2.05, 4.69) is 15.5 Å². The number of aromatic nitrogens is 2. The zero-order chi connectivity index (χ0) is 16.0. The highest BCUT2D eigenvalue weighted by molar-refractivity contribution is 5.97. The van der Waals surface area contributed by atoms with E-state index in [9.17, 15) is 4.79 Å². The summed E-state index contributed by atoms with van der Waals surface area (Å²) in [5, 5.41) is 8.47. The molecule has 0 aliphatic carbocycles. The molecule has 122 valence electrons. The van der Waals surface area contributed by atoms with Gasteiger partial charge in [-0.1, -0.05) is 12.1 Å². The van der Waals surface area contributed by atoms with Crippen molar-refractivity contribution >= 4 is 17.0 Å². The van der Waals surface area contributed by atoms with Crippen molar-refractivity contribution in [2.75, 3.05) is 7.05 Å². The van der Waals surface area contributed by atoms with Crippen LogP contribution in [0.15, 0.2) is 16.8 Å². The third-order valence-corrected chi connectivity index (χ3v) is 5.30. The first-order valence-electron chi connectivity index (χ1n) is 8.43. The van der Waals surface area contributed by atoms with Gasteiger partial charge in [-0.05, 0) is 38.2 Å². The highest BCUT2D eigenvalue weighted by atomic mass is 16.5. The van der Waals surface area contributed by atoms with Gasteiger partial charge in [-0.25, -0.2) is 4.98 Å². The molecule has 2 aliphatic rings. The molecule has 2 aromatic rings. The largest absolute Gasteiger partial charge is 0.339 e. The molecular weight excluding hydrogens is 292 g/mol. The number of nitrogens with zero attached hydrogens (tertiary/aromatic N) is 3. The fourth-order valence-corrected chi connectivity index (χ4v) is 3.96. The molecule has 2 atom stereocenters. The molecule has 0 aromatic carbocycles. The van der Waals surface area contributed by atoms with Gasteiger partial charge in [0.1, 0.15) is 0 Å². The molecule has 4 rings (SSSR count). The number of carbonyl (C=O) groups is 1. The predicted molar refractivity (Wildman–Crippen MR) is 86.2 cm³/mol. The van der Waals surface area contributed by atoms with E-state index in [0.717, 1.165) is 30.3 Å². The standard InChI is InChI=1S/C17H22N4O2/c1-3-15-14-6-10(9-18-16(14)23-20-15)17(22)21(2)13-7-11-4-5-12(8-13)19-11/h6,9,11-13,19H,3-5,7-8H2,1-2H3. The van der Waals surface area contributed by atoms with E-state index in [0.29, 0.717) is 29.4 Å². The average Bonchev–Trinajstić information content (AvgIpc) is 3.15. The normalized spacial score (nSPS) is 26.6. The maximum atomic E-state index is 12.9. The number of hydrogen-bond donors (Lipinski definition) is 1. The van der Waals surface area contributed by atoms with E-state index in [1.165, 1.54) is 12.8 Å². The number of piperidine rings is 1. The van der Waals surface area contributed by atoms with Crippen LogP contribution in [0.5, 0.6) is 0 Å². The highest BCUT2D eigenvalue weighted by Crippen LogP contribution is 2.30. The third kappa shape index (κ3) is 2.51. The number of amides is 1. The predicted octanol–water partition coefficient (Wildman–Crippen LogP) is 2.14. The second-order valence-electron chi connectivity index (χ2n) is 6.74. The molecule has 2 bridgehead atoms. The molecule has 0 radical (unpaired) electrons. The Morgan fingerprint density at radius 2 is 2.13 bits per heavy atom. The van der Waals surface area contributed by atoms with E-state index in [4.69, 9.17) is 4.52 Å². The molecule has 1 N–H and O–H groups in total. The molecule has 2 aliphatic heterocycles. The van der Waals surface area contributed by atoms with Crippen molar-refractivity contribution in [3.8, 4) is 0 Å². The topological polar surface area (TPSA) is 71.3 Å². The first kappa shape index (κ1) is 14.6. The van der Waals surface area contributed by atoms with Gasteiger partial charge in [-0.3, -0.25) is 4.79 Å². The highest BCUT2D eigenvalue weighted by Gasteiger charge is 2.36. The van der Waals surface area contributed by atoms with E-state index in [1.807, 2.05) is 24.9 Å². The fraction of sp³-hybridized carbons (Fsp3) is 0.588. The van der Waals surface area contributed by atoms with Crippen LogP contribution in [-0.4, -0.2) is 46.1 Å². The van der Waals surface area contributed by atoms with Crippen molar-refractivity contribution < 1.29 is 9.32 Å². The molecule has 1 amide bonds. The summed E-state index contributed by atoms with van der Waals surface area (Å²) in [6.45, 7) is 2.02. The number of pyridine rings is 1. The van der Waals surface area contributed by atoms with Gasteiger partial charge in [0, 0.05) is 31.4 Å². The Kier molecular flexibility index (Phi) is 3.56. The lowest BCUT2D eigenvalue weighted by Gasteiger charge is -2.35. The van der Waals surface area contributed by atoms with Gasteiger partial charge < -0.3 is 14.7 Å². The van der Waals surface area contributed by atoms with Crippen molar-refractivity contribution in [2.45, 2.75) is 57.2 Å². The van der Waals surface area contributed by atoms with Gasteiger partial charge in [-0.15, -0.1) is 0 Å². The van der Waals surface area contributed by atoms with E-state index >= 15 is 0 Å². The van der Waals surface area contributed by atoms with Gasteiger partial charge >= 0.3 is 0 Å². The van der Waals surface area contributed by atoms with Crippen LogP contribution in [0.25, 0.3) is 11.1 Å². The first-order chi connectivity index (χ1) is 11.2. The first-order valence-corrected chi connectivity index (χ1v) is 8.43. The Balaban J connectivity index is 1.58. The molecule has 2 aromatic heterocycles. The van der Waals surface area contributed by atoms with Gasteiger partial charge in [0.05, 0.1) is 16.6 Å². The van der Waals surface area contributed by atoms with E-state index in [-0.39, 0.29) is 5.91 Å². The average molecular weight is 314 g/mol. The number of carbonyl (C=O) groups excluding carboxylic acids is 1. The summed E-state index contributed by atoms with van der Waals surface area (Å²) in [6.07, 6.45) is 6.92. The van der Waals surface area contributed by atoms with E-state index < -0.39 is 0 Å². The van der Waals surface area contributed by atoms with E-state index in [1.54, 1.807) is 6.20 Å². The van der Waals surface area contributed by atoms with Crippen LogP contribution >= 0.6 is 0 Å². The molecule has 6 heteroatoms. The summed E-state index contributed by atoms with van der Waals surface area (Å²) in [5.41, 5.74) is 1.97. The molecule has 6 nitrogen and oxygen atoms in total. The number of fused-ring (bicyclic) bond motifs is 3. The van der Waals surface area contributed by atoms with Crippen molar-refractivity contribution in [1.82, 2.24) is 20.4 Å². The summed E-state index contributed by atoms with van der Waals surface area (Å²) in [6, 6.07) is 3.32. The summed E-state index contributed by atoms with van der Waals surface area (Å²) in [5.74, 6) is 0.0361. The Morgan fingerprint density at radius 1 is 1.39 bits per heavy atom. The molecule has 23 heavy (non-hydrogen) atoms. The zero-order valence-corrected chi connectivity index (χ0v) is 13.6. The Hall–Kier alpha value is -1.95. The Bertz CT molecular complexity index is 729. The monoisotopic (exact) mass is 314 g/mol. The molecule has 2 saturated heterocycles. The lowest BCUT2D eigenvalue weighted by Crippen LogP contribution is -2.48. The van der Waals surface area contributed by atoms with Crippen molar-refractivity contribution in [3.63, 3.8) is 0 Å². The van der Waals surface area contributed by atoms with Gasteiger partial charge in [0.25, 0.3) is 11.6 Å². The molecule has 2 unspecified atom stereocenters. The van der Waals surface area contributed by atoms with Crippen LogP contribution in [0.2, 0.25) is 0 Å². The second kappa shape index (κ2) is 5.60. The van der Waals surface area contributed by atoms with Crippen LogP contribution in [0.1, 0.15) is 48.7 Å². The minimum absolute atomic E-state index is 0.0361. The SMILES string of the molecule is CCc1noc2ncc(C(=O)N(C)C3CC4CCC(C3)N4)cc12. The number of aryl methyl sites for hydroxylation is 1. The van der Waals surface area contributed by atoms with Crippen LogP contribution in [0.4, 0.5) is 0 Å². The molecule has 2 fully saturated rings. The summed E-state index contributed by atoms with van der Waals surface area (Å²) >= 11 is 0. The molecular formula is C17H22N4O2. The zero-order valence-electron chi connectivity index (χ0n) is 13.6. The number of nitrogens with one attached hydrogen (secondary N) is 1.